The summed E-state index contributed by atoms with van der Waals surface area (Å²) < 4.78 is 17.0. The fraction of sp³-hybridized carbons (Fsp3) is 0.218. The maximum atomic E-state index is 9.19. The van der Waals surface area contributed by atoms with Gasteiger partial charge in [-0.25, -0.2) is 9.97 Å². The monoisotopic (exact) mass is 2020 g/mol. The van der Waals surface area contributed by atoms with Crippen LogP contribution in [-0.2, 0) is 102 Å². The minimum Gasteiger partial charge on any atom is -0.403 e. The number of aromatic nitrogens is 12. The number of pyridine rings is 8. The predicted octanol–water partition coefficient (Wildman–Crippen LogP) is 17.6. The van der Waals surface area contributed by atoms with Gasteiger partial charge in [0, 0.05) is 90.4 Å². The van der Waals surface area contributed by atoms with Gasteiger partial charge in [0.2, 0.25) is 0 Å². The molecule has 0 bridgehead atoms. The summed E-state index contributed by atoms with van der Waals surface area (Å²) in [6, 6.07) is 78.8. The molecule has 12 aromatic heterocycles. The molecule has 0 saturated carbocycles. The Hall–Kier alpha value is -16.6. The van der Waals surface area contributed by atoms with Gasteiger partial charge >= 0.3 is 30.8 Å². The molecule has 0 unspecified atom stereocenters. The highest BCUT2D eigenvalue weighted by atomic mass is 79.9. The van der Waals surface area contributed by atoms with Crippen LogP contribution in [-0.4, -0.2) is 112 Å². The molecule has 33 heteroatoms. The third kappa shape index (κ3) is 36.0. The van der Waals surface area contributed by atoms with Gasteiger partial charge in [0.05, 0.1) is 98.3 Å². The van der Waals surface area contributed by atoms with Gasteiger partial charge in [-0.1, -0.05) is 196 Å². The molecule has 0 radical (unpaired) electrons. The number of hydrogen-bond acceptors (Lipinski definition) is 26. The second-order valence-corrected chi connectivity index (χ2v) is 42.8. The van der Waals surface area contributed by atoms with Crippen LogP contribution in [0.3, 0.4) is 0 Å². The fourth-order valence-electron chi connectivity index (χ4n) is 14.9. The maximum absolute atomic E-state index is 9.19. The summed E-state index contributed by atoms with van der Waals surface area (Å²) in [6.07, 6.45) is 23.1. The molecule has 17 rings (SSSR count). The second-order valence-electron chi connectivity index (χ2n) is 33.4. The van der Waals surface area contributed by atoms with Crippen LogP contribution in [0.5, 0.6) is 0 Å². The van der Waals surface area contributed by atoms with Crippen molar-refractivity contribution in [3.05, 3.63) is 364 Å². The number of fused-ring (bicyclic) bond motifs is 4. The van der Waals surface area contributed by atoms with Crippen LogP contribution >= 0.6 is 15.9 Å². The van der Waals surface area contributed by atoms with Crippen LogP contribution in [0.25, 0.3) is 49.8 Å². The van der Waals surface area contributed by atoms with E-state index in [0.717, 1.165) is 125 Å². The predicted molar refractivity (Wildman–Crippen MR) is 561 cm³/mol. The number of rotatable bonds is 16. The number of nitrogens with zero attached hydrogens (tertiary/aromatic N) is 10. The highest BCUT2D eigenvalue weighted by Crippen LogP contribution is 2.40. The average Bonchev–Trinajstić information content (AvgIpc) is 1.11. The number of carbonyl (C=O) groups excluding carboxylic acids is 10. The molecule has 0 aliphatic heterocycles. The summed E-state index contributed by atoms with van der Waals surface area (Å²) in [6.45, 7) is 33.1. The minimum atomic E-state index is -2.65. The van der Waals surface area contributed by atoms with Gasteiger partial charge in [-0.15, -0.1) is 0 Å². The van der Waals surface area contributed by atoms with Gasteiger partial charge < -0.3 is 56.4 Å². The van der Waals surface area contributed by atoms with Crippen molar-refractivity contribution < 1.29 is 61.9 Å². The topological polar surface area (TPSA) is 493 Å². The first-order valence-electron chi connectivity index (χ1n) is 44.9. The lowest BCUT2D eigenvalue weighted by molar-refractivity contribution is -0.193. The number of H-pyrrole nitrogens is 3. The van der Waals surface area contributed by atoms with Gasteiger partial charge in [0.15, 0.2) is 0 Å². The van der Waals surface area contributed by atoms with Crippen molar-refractivity contribution in [2.24, 2.45) is 0 Å². The number of hydrogen-bond donors (Lipinski definition) is 8. The summed E-state index contributed by atoms with van der Waals surface area (Å²) in [7, 11) is -5.18. The molecule has 17 aromatic rings. The first kappa shape index (κ1) is 117. The molecule has 736 valence electrons. The lowest BCUT2D eigenvalue weighted by Crippen LogP contribution is -2.66. The molecule has 12 N–H and O–H groups in total. The summed E-state index contributed by atoms with van der Waals surface area (Å²) in [5, 5.41) is 23.0. The van der Waals surface area contributed by atoms with E-state index in [1.54, 1.807) is 43.8 Å². The number of aliphatic hydroxyl groups is 1. The zero-order valence-corrected chi connectivity index (χ0v) is 86.2. The average molecular weight is 2020 g/mol. The Labute approximate surface area is 842 Å². The highest BCUT2D eigenvalue weighted by molar-refractivity contribution is 9.10. The van der Waals surface area contributed by atoms with Crippen LogP contribution in [0.2, 0.25) is 10.1 Å². The van der Waals surface area contributed by atoms with Crippen molar-refractivity contribution in [2.45, 2.75) is 159 Å². The molecule has 0 spiro atoms. The quantitative estimate of drug-likeness (QED) is 0.0253. The first-order valence-corrected chi connectivity index (χ1v) is 49.5. The standard InChI is InChI=1S/C32H31N3OSi.C25H28N2OSi.2C10H12N2.C9H10N2O.C7H9BrN2.C7H10N2.C5H6N2.5CO2/c1-24-19-30-31(35(24)27-17-15-25(21-33)16-18-27)20-26(22-34-30)23-36-37(32(2,3)4,28-11-7-5-8-12-28)29-13-9-6-10-14-29;1-19-15-23-24(27-19)16-20(17-26-23)18-28-29(25(2,3)4,21-11-7-5-8-12-21)22-13-9-6-10-14-22;1-3-8-5-10-9(11-6-8)4-7(2)12-10;1-3-5-10-9(11)6-8(4-2)7-12-10;1-6-2-8-9(11-6)3-7(5-12)4-10-8;1-2-5-3-6(9)7(8)10-4-5;1-2-6-3-7(8)5-9-4-6;6-5-2-1-3-7-4-5;5*2-1-3/h5-20,22H,23H2,1-4H3;5-17,27H,18H2,1-4H3;4-6,12H,3H2,1-2H3;6-7H,4,11H2,1-2H3;2-4,11-12H,5H2,1H3;3-4H,2,9H2,1H3;3-5H,2,8H2,1H3;1-4H,6H2;;;;;. The zero-order chi connectivity index (χ0) is 106. The Morgan fingerprint density at radius 1 is 0.399 bits per heavy atom. The summed E-state index contributed by atoms with van der Waals surface area (Å²) in [5.41, 5.74) is 47.6. The van der Waals surface area contributed by atoms with Gasteiger partial charge in [0.25, 0.3) is 16.6 Å². The molecular formula is C110H118BrN17O13Si2. The van der Waals surface area contributed by atoms with Crippen LogP contribution < -0.4 is 43.7 Å². The number of nitriles is 1. The Bertz CT molecular complexity index is 6870. The number of anilines is 4. The molecule has 12 heterocycles. The van der Waals surface area contributed by atoms with Crippen molar-refractivity contribution in [3.8, 4) is 23.6 Å². The first-order chi connectivity index (χ1) is 68.6. The number of aromatic amines is 3. The molecular weight excluding hydrogens is 1900 g/mol. The lowest BCUT2D eigenvalue weighted by Gasteiger charge is -2.43. The van der Waals surface area contributed by atoms with Crippen molar-refractivity contribution in [1.29, 1.82) is 5.26 Å². The molecule has 5 aromatic carbocycles. The molecule has 0 saturated heterocycles. The number of benzene rings is 5. The van der Waals surface area contributed by atoms with E-state index in [1.807, 2.05) is 106 Å². The molecule has 0 aliphatic rings. The Kier molecular flexibility index (Phi) is 49.8. The Morgan fingerprint density at radius 3 is 1.10 bits per heavy atom. The van der Waals surface area contributed by atoms with Crippen molar-refractivity contribution in [1.82, 2.24) is 59.4 Å². The molecule has 0 aliphatic carbocycles. The van der Waals surface area contributed by atoms with E-state index in [2.05, 4.69) is 329 Å². The van der Waals surface area contributed by atoms with E-state index in [4.69, 9.17) is 89.8 Å². The van der Waals surface area contributed by atoms with Gasteiger partial charge in [-0.05, 0) is 255 Å². The van der Waals surface area contributed by atoms with Gasteiger partial charge in [-0.2, -0.15) is 53.2 Å². The molecule has 0 fully saturated rings. The number of nitrogens with two attached hydrogens (primary N) is 4. The largest absolute Gasteiger partial charge is 0.403 e. The third-order valence-electron chi connectivity index (χ3n) is 21.3. The van der Waals surface area contributed by atoms with Crippen molar-refractivity contribution in [3.63, 3.8) is 0 Å². The van der Waals surface area contributed by atoms with Crippen LogP contribution in [0.15, 0.2) is 291 Å². The Balaban J connectivity index is 0.000000300. The number of nitrogens with one attached hydrogen (secondary N) is 3. The van der Waals surface area contributed by atoms with E-state index in [1.165, 1.54) is 43.1 Å². The van der Waals surface area contributed by atoms with E-state index in [-0.39, 0.29) is 47.4 Å². The van der Waals surface area contributed by atoms with Crippen molar-refractivity contribution in [2.75, 3.05) is 22.9 Å². The maximum Gasteiger partial charge on any atom is 0.373 e. The molecule has 0 amide bonds. The minimum absolute atomic E-state index is 0.0315. The number of halogens is 1. The van der Waals surface area contributed by atoms with Crippen LogP contribution in [0, 0.1) is 50.9 Å². The zero-order valence-electron chi connectivity index (χ0n) is 82.6. The number of aliphatic hydroxyl groups excluding tert-OH is 1. The Morgan fingerprint density at radius 2 is 0.755 bits per heavy atom. The highest BCUT2D eigenvalue weighted by Gasteiger charge is 2.51. The molecule has 0 atom stereocenters. The van der Waals surface area contributed by atoms with E-state index < -0.39 is 16.6 Å². The summed E-state index contributed by atoms with van der Waals surface area (Å²) >= 11 is 3.22. The van der Waals surface area contributed by atoms with E-state index in [0.29, 0.717) is 41.5 Å². The number of nitrogen functional groups attached to an aromatic ring is 4. The molecule has 143 heavy (non-hydrogen) atoms. The van der Waals surface area contributed by atoms with Gasteiger partial charge in [-0.3, -0.25) is 29.9 Å². The smallest absolute Gasteiger partial charge is 0.373 e. The van der Waals surface area contributed by atoms with Crippen LogP contribution in [0.4, 0.5) is 22.7 Å². The lowest BCUT2D eigenvalue weighted by atomic mass is 10.2. The van der Waals surface area contributed by atoms with E-state index >= 15 is 0 Å². The van der Waals surface area contributed by atoms with Gasteiger partial charge in [0.1, 0.15) is 10.3 Å². The fourth-order valence-corrected chi connectivity index (χ4v) is 24.2. The second kappa shape index (κ2) is 61.0. The third-order valence-corrected chi connectivity index (χ3v) is 32.0. The van der Waals surface area contributed by atoms with Crippen LogP contribution in [0.1, 0.15) is 149 Å². The van der Waals surface area contributed by atoms with E-state index in [9.17, 15) is 5.26 Å². The summed E-state index contributed by atoms with van der Waals surface area (Å²) in [4.78, 5) is 125. The summed E-state index contributed by atoms with van der Waals surface area (Å²) in [5.74, 6) is 5.61. The SMILES string of the molecule is CC#Cc1ncc(CC)cc1N.CCc1cnc(Br)c(N)c1.CCc1cnc2cc(C)[nH]c2c1.CCc1cncc(N)c1.Cc1cc2ncc(CO)cc2[nH]1.Cc1cc2ncc(CO[Si](c3ccccc3)(c3ccccc3)C(C)(C)C)cc2[nH]1.Cc1cc2ncc(CO[Si](c3ccccc3)(c3ccccc3)C(C)(C)C)cc2n1-c1ccc(C#N)cc1.Nc1cccnc1.O=C=O.O=C=O.O=C=O.O=C=O.O=C=O. The number of aryl methyl sites for hydroxylation is 8. The normalized spacial score (nSPS) is 10.2. The van der Waals surface area contributed by atoms with Crippen molar-refractivity contribution >= 4 is 151 Å². The molecule has 30 nitrogen and oxygen atoms in total.